The normalized spacial score (nSPS) is 33.1. The molecule has 2 N–H and O–H groups in total. The molecule has 2 heterocycles. The number of nitrogens with zero attached hydrogens (tertiary/aromatic N) is 3. The summed E-state index contributed by atoms with van der Waals surface area (Å²) in [6.45, 7) is 4.16. The fourth-order valence-corrected chi connectivity index (χ4v) is 3.11. The van der Waals surface area contributed by atoms with Gasteiger partial charge in [-0.05, 0) is 37.7 Å². The molecular formula is C12H18N4. The summed E-state index contributed by atoms with van der Waals surface area (Å²) >= 11 is 0. The van der Waals surface area contributed by atoms with Crippen LogP contribution in [0.5, 0.6) is 0 Å². The zero-order chi connectivity index (χ0) is 11.1. The molecule has 0 aromatic carbocycles. The van der Waals surface area contributed by atoms with E-state index in [9.17, 15) is 0 Å². The molecule has 86 valence electrons. The highest BCUT2D eigenvalue weighted by Gasteiger charge is 2.39. The SMILES string of the molecule is Cc1cc(N2C[C@H]3CC[C@@H](C2)C3N)cnn1. The van der Waals surface area contributed by atoms with Crippen LogP contribution in [-0.4, -0.2) is 29.3 Å². The van der Waals surface area contributed by atoms with E-state index in [1.165, 1.54) is 18.5 Å². The highest BCUT2D eigenvalue weighted by molar-refractivity contribution is 5.45. The van der Waals surface area contributed by atoms with Crippen molar-refractivity contribution >= 4 is 5.69 Å². The molecule has 4 nitrogen and oxygen atoms in total. The molecule has 1 aromatic rings. The maximum atomic E-state index is 6.20. The zero-order valence-electron chi connectivity index (χ0n) is 9.63. The van der Waals surface area contributed by atoms with Crippen LogP contribution in [0.15, 0.2) is 12.3 Å². The smallest absolute Gasteiger partial charge is 0.0730 e. The highest BCUT2D eigenvalue weighted by Crippen LogP contribution is 2.37. The summed E-state index contributed by atoms with van der Waals surface area (Å²) in [4.78, 5) is 2.42. The van der Waals surface area contributed by atoms with Gasteiger partial charge in [-0.15, -0.1) is 0 Å². The van der Waals surface area contributed by atoms with Crippen LogP contribution in [0, 0.1) is 18.8 Å². The second-order valence-electron chi connectivity index (χ2n) is 5.13. The molecule has 0 radical (unpaired) electrons. The van der Waals surface area contributed by atoms with Gasteiger partial charge in [0.25, 0.3) is 0 Å². The van der Waals surface area contributed by atoms with Crippen molar-refractivity contribution in [2.45, 2.75) is 25.8 Å². The lowest BCUT2D eigenvalue weighted by Gasteiger charge is -2.37. The third-order valence-corrected chi connectivity index (χ3v) is 4.03. The maximum absolute atomic E-state index is 6.20. The average molecular weight is 218 g/mol. The Labute approximate surface area is 95.8 Å². The van der Waals surface area contributed by atoms with Gasteiger partial charge in [0.15, 0.2) is 0 Å². The van der Waals surface area contributed by atoms with Crippen molar-refractivity contribution < 1.29 is 0 Å². The first-order chi connectivity index (χ1) is 7.74. The van der Waals surface area contributed by atoms with Crippen molar-refractivity contribution in [1.82, 2.24) is 10.2 Å². The summed E-state index contributed by atoms with van der Waals surface area (Å²) in [6, 6.07) is 2.54. The van der Waals surface area contributed by atoms with Crippen molar-refractivity contribution in [2.75, 3.05) is 18.0 Å². The van der Waals surface area contributed by atoms with E-state index >= 15 is 0 Å². The quantitative estimate of drug-likeness (QED) is 0.762. The summed E-state index contributed by atoms with van der Waals surface area (Å²) in [5, 5.41) is 8.03. The van der Waals surface area contributed by atoms with Crippen molar-refractivity contribution in [3.63, 3.8) is 0 Å². The molecule has 1 aliphatic heterocycles. The number of nitrogens with two attached hydrogens (primary N) is 1. The molecule has 1 saturated carbocycles. The third-order valence-electron chi connectivity index (χ3n) is 4.03. The molecule has 2 bridgehead atoms. The number of hydrogen-bond donors (Lipinski definition) is 1. The first-order valence-electron chi connectivity index (χ1n) is 6.04. The third kappa shape index (κ3) is 1.57. The number of rotatable bonds is 1. The number of fused-ring (bicyclic) bond motifs is 2. The molecule has 1 saturated heterocycles. The van der Waals surface area contributed by atoms with E-state index < -0.39 is 0 Å². The van der Waals surface area contributed by atoms with Crippen LogP contribution in [0.25, 0.3) is 0 Å². The Balaban J connectivity index is 1.83. The number of anilines is 1. The molecule has 2 aliphatic rings. The van der Waals surface area contributed by atoms with E-state index in [4.69, 9.17) is 5.73 Å². The van der Waals surface area contributed by atoms with Crippen LogP contribution in [-0.2, 0) is 0 Å². The molecule has 1 aliphatic carbocycles. The minimum absolute atomic E-state index is 0.423. The minimum Gasteiger partial charge on any atom is -0.370 e. The Morgan fingerprint density at radius 1 is 1.31 bits per heavy atom. The van der Waals surface area contributed by atoms with Gasteiger partial charge in [0.05, 0.1) is 17.6 Å². The highest BCUT2D eigenvalue weighted by atomic mass is 15.2. The van der Waals surface area contributed by atoms with Gasteiger partial charge in [-0.1, -0.05) is 0 Å². The molecule has 0 spiro atoms. The minimum atomic E-state index is 0.423. The Morgan fingerprint density at radius 3 is 2.62 bits per heavy atom. The second kappa shape index (κ2) is 3.70. The largest absolute Gasteiger partial charge is 0.370 e. The van der Waals surface area contributed by atoms with E-state index in [2.05, 4.69) is 21.2 Å². The molecule has 3 rings (SSSR count). The first-order valence-corrected chi connectivity index (χ1v) is 6.04. The zero-order valence-corrected chi connectivity index (χ0v) is 9.63. The fourth-order valence-electron chi connectivity index (χ4n) is 3.11. The van der Waals surface area contributed by atoms with E-state index in [1.54, 1.807) is 0 Å². The Hall–Kier alpha value is -1.16. The van der Waals surface area contributed by atoms with E-state index in [0.29, 0.717) is 17.9 Å². The van der Waals surface area contributed by atoms with Gasteiger partial charge in [-0.25, -0.2) is 0 Å². The van der Waals surface area contributed by atoms with Crippen LogP contribution >= 0.6 is 0 Å². The molecule has 16 heavy (non-hydrogen) atoms. The summed E-state index contributed by atoms with van der Waals surface area (Å²) < 4.78 is 0. The van der Waals surface area contributed by atoms with Crippen LogP contribution in [0.3, 0.4) is 0 Å². The average Bonchev–Trinajstić information content (AvgIpc) is 2.53. The summed E-state index contributed by atoms with van der Waals surface area (Å²) in [6.07, 6.45) is 4.45. The van der Waals surface area contributed by atoms with Crippen LogP contribution in [0.4, 0.5) is 5.69 Å². The van der Waals surface area contributed by atoms with Crippen molar-refractivity contribution in [3.05, 3.63) is 18.0 Å². The molecule has 4 heteroatoms. The number of piperidine rings is 1. The van der Waals surface area contributed by atoms with Gasteiger partial charge < -0.3 is 10.6 Å². The second-order valence-corrected chi connectivity index (χ2v) is 5.13. The van der Waals surface area contributed by atoms with Crippen LogP contribution in [0.2, 0.25) is 0 Å². The molecular weight excluding hydrogens is 200 g/mol. The van der Waals surface area contributed by atoms with E-state index in [0.717, 1.165) is 18.8 Å². The lowest BCUT2D eigenvalue weighted by atomic mass is 9.93. The van der Waals surface area contributed by atoms with Crippen molar-refractivity contribution in [2.24, 2.45) is 17.6 Å². The standard InChI is InChI=1S/C12H18N4/c1-8-4-11(5-14-15-8)16-6-9-2-3-10(7-16)12(9)13/h4-5,9-10,12H,2-3,6-7,13H2,1H3/t9-,10+,12?. The Bertz CT molecular complexity index is 378. The molecule has 3 atom stereocenters. The summed E-state index contributed by atoms with van der Waals surface area (Å²) in [7, 11) is 0. The van der Waals surface area contributed by atoms with Gasteiger partial charge in [0, 0.05) is 19.1 Å². The molecule has 2 fully saturated rings. The lowest BCUT2D eigenvalue weighted by molar-refractivity contribution is 0.356. The Kier molecular flexibility index (Phi) is 2.32. The van der Waals surface area contributed by atoms with Crippen molar-refractivity contribution in [3.8, 4) is 0 Å². The van der Waals surface area contributed by atoms with Gasteiger partial charge in [-0.3, -0.25) is 0 Å². The Morgan fingerprint density at radius 2 is 2.00 bits per heavy atom. The lowest BCUT2D eigenvalue weighted by Crippen LogP contribution is -2.48. The first kappa shape index (κ1) is 10.0. The van der Waals surface area contributed by atoms with Crippen molar-refractivity contribution in [1.29, 1.82) is 0 Å². The summed E-state index contributed by atoms with van der Waals surface area (Å²) in [5.41, 5.74) is 8.39. The number of aromatic nitrogens is 2. The van der Waals surface area contributed by atoms with Gasteiger partial charge >= 0.3 is 0 Å². The molecule has 1 unspecified atom stereocenters. The maximum Gasteiger partial charge on any atom is 0.0730 e. The van der Waals surface area contributed by atoms with Gasteiger partial charge in [0.2, 0.25) is 0 Å². The van der Waals surface area contributed by atoms with Gasteiger partial charge in [0.1, 0.15) is 0 Å². The molecule has 0 amide bonds. The predicted molar refractivity (Wildman–Crippen MR) is 63.2 cm³/mol. The topological polar surface area (TPSA) is 55.0 Å². The number of hydrogen-bond acceptors (Lipinski definition) is 4. The summed E-state index contributed by atoms with van der Waals surface area (Å²) in [5.74, 6) is 1.35. The molecule has 1 aromatic heterocycles. The van der Waals surface area contributed by atoms with Crippen LogP contribution < -0.4 is 10.6 Å². The van der Waals surface area contributed by atoms with E-state index in [-0.39, 0.29) is 0 Å². The number of aryl methyl sites for hydroxylation is 1. The predicted octanol–water partition coefficient (Wildman–Crippen LogP) is 0.959. The van der Waals surface area contributed by atoms with Gasteiger partial charge in [-0.2, -0.15) is 10.2 Å². The monoisotopic (exact) mass is 218 g/mol. The fraction of sp³-hybridized carbons (Fsp3) is 0.667. The van der Waals surface area contributed by atoms with E-state index in [1.807, 2.05) is 13.1 Å². The van der Waals surface area contributed by atoms with Crippen LogP contribution in [0.1, 0.15) is 18.5 Å².